The Morgan fingerprint density at radius 2 is 1.71 bits per heavy atom. The molecule has 0 spiro atoms. The first-order valence-corrected chi connectivity index (χ1v) is 4.70. The van der Waals surface area contributed by atoms with Gasteiger partial charge in [0.2, 0.25) is 0 Å². The molecule has 0 nitrogen and oxygen atoms in total. The van der Waals surface area contributed by atoms with Crippen molar-refractivity contribution < 1.29 is 13.2 Å². The molecular weight excluding hydrogens is 209 g/mol. The summed E-state index contributed by atoms with van der Waals surface area (Å²) in [4.78, 5) is 0. The van der Waals surface area contributed by atoms with Crippen LogP contribution >= 0.6 is 12.6 Å². The molecular formula is C10H9F3S. The van der Waals surface area contributed by atoms with Gasteiger partial charge in [-0.2, -0.15) is 12.6 Å². The predicted octanol–water partition coefficient (Wildman–Crippen LogP) is 3.44. The second-order valence-corrected chi connectivity index (χ2v) is 3.15. The number of thiol groups is 1. The molecule has 0 saturated carbocycles. The largest absolute Gasteiger partial charge is 0.206 e. The van der Waals surface area contributed by atoms with Gasteiger partial charge in [-0.25, -0.2) is 13.2 Å². The molecule has 0 aliphatic carbocycles. The van der Waals surface area contributed by atoms with Gasteiger partial charge in [0.25, 0.3) is 0 Å². The minimum absolute atomic E-state index is 0.0469. The lowest BCUT2D eigenvalue weighted by Crippen LogP contribution is -1.90. The maximum absolute atomic E-state index is 13.0. The summed E-state index contributed by atoms with van der Waals surface area (Å²) in [7, 11) is 0. The molecule has 0 N–H and O–H groups in total. The van der Waals surface area contributed by atoms with E-state index in [4.69, 9.17) is 0 Å². The van der Waals surface area contributed by atoms with E-state index in [0.29, 0.717) is 18.2 Å². The summed E-state index contributed by atoms with van der Waals surface area (Å²) in [5.74, 6) is -2.35. The average molecular weight is 218 g/mol. The van der Waals surface area contributed by atoms with Crippen LogP contribution in [-0.4, -0.2) is 5.75 Å². The quantitative estimate of drug-likeness (QED) is 0.583. The van der Waals surface area contributed by atoms with Gasteiger partial charge in [-0.1, -0.05) is 12.2 Å². The van der Waals surface area contributed by atoms with Crippen molar-refractivity contribution in [2.45, 2.75) is 6.42 Å². The Bertz CT molecular complexity index is 347. The molecule has 1 aromatic rings. The van der Waals surface area contributed by atoms with Crippen LogP contribution in [0.25, 0.3) is 6.08 Å². The van der Waals surface area contributed by atoms with E-state index in [-0.39, 0.29) is 5.56 Å². The number of hydrogen-bond acceptors (Lipinski definition) is 1. The molecule has 4 heteroatoms. The maximum atomic E-state index is 13.0. The smallest absolute Gasteiger partial charge is 0.161 e. The Hall–Kier alpha value is -0.900. The van der Waals surface area contributed by atoms with Gasteiger partial charge in [0.05, 0.1) is 0 Å². The molecule has 0 aliphatic rings. The van der Waals surface area contributed by atoms with Gasteiger partial charge in [-0.15, -0.1) is 0 Å². The number of benzene rings is 1. The highest BCUT2D eigenvalue weighted by Crippen LogP contribution is 2.15. The lowest BCUT2D eigenvalue weighted by atomic mass is 10.2. The zero-order chi connectivity index (χ0) is 10.6. The van der Waals surface area contributed by atoms with Crippen molar-refractivity contribution in [2.75, 3.05) is 5.75 Å². The Labute approximate surface area is 85.9 Å². The van der Waals surface area contributed by atoms with E-state index in [0.717, 1.165) is 6.07 Å². The monoisotopic (exact) mass is 218 g/mol. The fraction of sp³-hybridized carbons (Fsp3) is 0.200. The number of allylic oxidation sites excluding steroid dienone is 1. The van der Waals surface area contributed by atoms with Crippen LogP contribution in [0.4, 0.5) is 13.2 Å². The summed E-state index contributed by atoms with van der Waals surface area (Å²) in [5, 5.41) is 0. The molecule has 0 unspecified atom stereocenters. The summed E-state index contributed by atoms with van der Waals surface area (Å²) in [5.41, 5.74) is 0.0469. The number of rotatable bonds is 3. The summed E-state index contributed by atoms with van der Waals surface area (Å²) in [6, 6.07) is 1.37. The minimum Gasteiger partial charge on any atom is -0.206 e. The van der Waals surface area contributed by atoms with Gasteiger partial charge >= 0.3 is 0 Å². The Morgan fingerprint density at radius 1 is 1.07 bits per heavy atom. The highest BCUT2D eigenvalue weighted by atomic mass is 32.1. The molecule has 1 aromatic carbocycles. The fourth-order valence-corrected chi connectivity index (χ4v) is 1.10. The third-order valence-electron chi connectivity index (χ3n) is 1.63. The van der Waals surface area contributed by atoms with E-state index in [1.54, 1.807) is 6.08 Å². The standard InChI is InChI=1S/C10H9F3S/c11-8-6-10(13)9(12)5-7(8)3-1-2-4-14/h1,3,5-6,14H,2,4H2. The van der Waals surface area contributed by atoms with Crippen LogP contribution in [0.1, 0.15) is 12.0 Å². The van der Waals surface area contributed by atoms with E-state index in [9.17, 15) is 13.2 Å². The molecule has 0 heterocycles. The third-order valence-corrected chi connectivity index (χ3v) is 1.89. The zero-order valence-electron chi connectivity index (χ0n) is 7.30. The van der Waals surface area contributed by atoms with Gasteiger partial charge in [-0.05, 0) is 18.2 Å². The van der Waals surface area contributed by atoms with Gasteiger partial charge in [0.15, 0.2) is 11.6 Å². The van der Waals surface area contributed by atoms with Crippen LogP contribution in [0.5, 0.6) is 0 Å². The van der Waals surface area contributed by atoms with E-state index in [2.05, 4.69) is 12.6 Å². The topological polar surface area (TPSA) is 0 Å². The lowest BCUT2D eigenvalue weighted by molar-refractivity contribution is 0.494. The van der Waals surface area contributed by atoms with Crippen LogP contribution in [0.3, 0.4) is 0 Å². The van der Waals surface area contributed by atoms with E-state index in [1.807, 2.05) is 0 Å². The van der Waals surface area contributed by atoms with Crippen LogP contribution in [0, 0.1) is 17.5 Å². The molecule has 0 amide bonds. The van der Waals surface area contributed by atoms with Gasteiger partial charge in [-0.3, -0.25) is 0 Å². The molecule has 0 fully saturated rings. The van der Waals surface area contributed by atoms with Gasteiger partial charge in [0.1, 0.15) is 5.82 Å². The molecule has 1 rings (SSSR count). The summed E-state index contributed by atoms with van der Waals surface area (Å²) in [6.07, 6.45) is 3.72. The highest BCUT2D eigenvalue weighted by molar-refractivity contribution is 7.80. The number of hydrogen-bond donors (Lipinski definition) is 1. The van der Waals surface area contributed by atoms with Crippen LogP contribution < -0.4 is 0 Å². The summed E-state index contributed by atoms with van der Waals surface area (Å²) >= 11 is 3.95. The highest BCUT2D eigenvalue weighted by Gasteiger charge is 2.06. The predicted molar refractivity (Wildman–Crippen MR) is 53.8 cm³/mol. The Balaban J connectivity index is 2.92. The lowest BCUT2D eigenvalue weighted by Gasteiger charge is -1.98. The molecule has 0 aliphatic heterocycles. The van der Waals surface area contributed by atoms with Crippen LogP contribution in [0.15, 0.2) is 18.2 Å². The van der Waals surface area contributed by atoms with E-state index < -0.39 is 17.5 Å². The molecule has 0 radical (unpaired) electrons. The van der Waals surface area contributed by atoms with Crippen molar-refractivity contribution in [3.05, 3.63) is 41.2 Å². The van der Waals surface area contributed by atoms with Crippen molar-refractivity contribution >= 4 is 18.7 Å². The average Bonchev–Trinajstić information content (AvgIpc) is 2.14. The van der Waals surface area contributed by atoms with Crippen molar-refractivity contribution in [1.82, 2.24) is 0 Å². The summed E-state index contributed by atoms with van der Waals surface area (Å²) in [6.45, 7) is 0. The Kier molecular flexibility index (Phi) is 4.07. The molecule has 0 aromatic heterocycles. The molecule has 0 saturated heterocycles. The first kappa shape index (κ1) is 11.2. The fourth-order valence-electron chi connectivity index (χ4n) is 0.951. The normalized spacial score (nSPS) is 11.1. The second kappa shape index (κ2) is 5.10. The Morgan fingerprint density at radius 3 is 2.36 bits per heavy atom. The zero-order valence-corrected chi connectivity index (χ0v) is 8.20. The van der Waals surface area contributed by atoms with Crippen molar-refractivity contribution in [2.24, 2.45) is 0 Å². The van der Waals surface area contributed by atoms with Crippen molar-refractivity contribution in [3.8, 4) is 0 Å². The molecule has 14 heavy (non-hydrogen) atoms. The third kappa shape index (κ3) is 2.80. The van der Waals surface area contributed by atoms with Gasteiger partial charge < -0.3 is 0 Å². The van der Waals surface area contributed by atoms with Gasteiger partial charge in [0, 0.05) is 11.6 Å². The minimum atomic E-state index is -1.17. The molecule has 0 bridgehead atoms. The van der Waals surface area contributed by atoms with E-state index in [1.165, 1.54) is 6.08 Å². The van der Waals surface area contributed by atoms with Crippen LogP contribution in [-0.2, 0) is 0 Å². The number of halogens is 3. The maximum Gasteiger partial charge on any atom is 0.161 e. The summed E-state index contributed by atoms with van der Waals surface area (Å²) < 4.78 is 38.2. The second-order valence-electron chi connectivity index (χ2n) is 2.70. The molecule has 76 valence electrons. The van der Waals surface area contributed by atoms with E-state index >= 15 is 0 Å². The SMILES string of the molecule is Fc1cc(F)c(C=CCCS)cc1F. The van der Waals surface area contributed by atoms with Crippen LogP contribution in [0.2, 0.25) is 0 Å². The van der Waals surface area contributed by atoms with Crippen molar-refractivity contribution in [1.29, 1.82) is 0 Å². The molecule has 0 atom stereocenters. The first-order valence-electron chi connectivity index (χ1n) is 4.07. The first-order chi connectivity index (χ1) is 6.65. The van der Waals surface area contributed by atoms with Crippen molar-refractivity contribution in [3.63, 3.8) is 0 Å².